The minimum Gasteiger partial charge on any atom is -0.454 e. The Morgan fingerprint density at radius 1 is 1.42 bits per heavy atom. The zero-order valence-corrected chi connectivity index (χ0v) is 6.96. The first-order valence-electron chi connectivity index (χ1n) is 3.93. The average Bonchev–Trinajstić information content (AvgIpc) is 2.51. The summed E-state index contributed by atoms with van der Waals surface area (Å²) in [7, 11) is 1.92. The van der Waals surface area contributed by atoms with Gasteiger partial charge >= 0.3 is 0 Å². The fourth-order valence-corrected chi connectivity index (χ4v) is 1.26. The van der Waals surface area contributed by atoms with E-state index in [2.05, 4.69) is 5.32 Å². The van der Waals surface area contributed by atoms with Crippen molar-refractivity contribution in [2.75, 3.05) is 13.8 Å². The molecule has 0 atom stereocenters. The van der Waals surface area contributed by atoms with Crippen molar-refractivity contribution in [2.24, 2.45) is 0 Å². The highest BCUT2D eigenvalue weighted by Gasteiger charge is 2.12. The Labute approximate surface area is 72.8 Å². The Kier molecular flexibility index (Phi) is 1.87. The summed E-state index contributed by atoms with van der Waals surface area (Å²) in [5, 5.41) is 3.08. The maximum absolute atomic E-state index is 5.24. The number of hydrogen-bond acceptors (Lipinski definition) is 3. The van der Waals surface area contributed by atoms with Crippen molar-refractivity contribution in [1.29, 1.82) is 0 Å². The summed E-state index contributed by atoms with van der Waals surface area (Å²) in [5.74, 6) is 1.69. The van der Waals surface area contributed by atoms with Crippen molar-refractivity contribution in [3.63, 3.8) is 0 Å². The minimum atomic E-state index is 0. The van der Waals surface area contributed by atoms with Gasteiger partial charge in [0, 0.05) is 7.97 Å². The third-order valence-corrected chi connectivity index (χ3v) is 1.82. The molecule has 1 aliphatic heterocycles. The molecule has 1 aromatic rings. The Balaban J connectivity index is 0.000000845. The second-order valence-electron chi connectivity index (χ2n) is 2.72. The van der Waals surface area contributed by atoms with Crippen LogP contribution in [-0.4, -0.2) is 13.8 Å². The zero-order chi connectivity index (χ0) is 8.39. The predicted octanol–water partition coefficient (Wildman–Crippen LogP) is 1.38. The third-order valence-electron chi connectivity index (χ3n) is 1.82. The van der Waals surface area contributed by atoms with Gasteiger partial charge in [-0.15, -0.1) is 0 Å². The van der Waals surface area contributed by atoms with Gasteiger partial charge in [-0.3, -0.25) is 0 Å². The van der Waals surface area contributed by atoms with Crippen LogP contribution in [0.4, 0.5) is 0 Å². The number of rotatable bonds is 2. The number of ether oxygens (including phenoxy) is 2. The Hall–Kier alpha value is -1.22. The van der Waals surface area contributed by atoms with Gasteiger partial charge in [-0.25, -0.2) is 0 Å². The molecule has 1 aliphatic rings. The predicted molar refractivity (Wildman–Crippen MR) is 47.4 cm³/mol. The molecule has 0 unspecified atom stereocenters. The molecule has 3 nitrogen and oxygen atoms in total. The van der Waals surface area contributed by atoms with Crippen molar-refractivity contribution >= 4 is 0 Å². The molecular formula is C9H13NO2. The lowest BCUT2D eigenvalue weighted by Crippen LogP contribution is -2.04. The summed E-state index contributed by atoms with van der Waals surface area (Å²) in [6.07, 6.45) is 0. The quantitative estimate of drug-likeness (QED) is 0.721. The maximum Gasteiger partial charge on any atom is 0.231 e. The van der Waals surface area contributed by atoms with Gasteiger partial charge in [-0.05, 0) is 24.7 Å². The van der Waals surface area contributed by atoms with Gasteiger partial charge < -0.3 is 14.8 Å². The Morgan fingerprint density at radius 3 is 3.08 bits per heavy atom. The summed E-state index contributed by atoms with van der Waals surface area (Å²) >= 11 is 0. The number of fused-ring (bicyclic) bond motifs is 1. The van der Waals surface area contributed by atoms with Crippen LogP contribution in [0.25, 0.3) is 0 Å². The summed E-state index contributed by atoms with van der Waals surface area (Å²) in [6, 6.07) is 5.97. The first kappa shape index (κ1) is 7.43. The van der Waals surface area contributed by atoms with Crippen molar-refractivity contribution in [1.82, 2.24) is 5.32 Å². The van der Waals surface area contributed by atoms with Gasteiger partial charge in [0.05, 0.1) is 0 Å². The molecule has 0 amide bonds. The molecule has 0 spiro atoms. The van der Waals surface area contributed by atoms with E-state index < -0.39 is 0 Å². The lowest BCUT2D eigenvalue weighted by Gasteiger charge is -2.00. The van der Waals surface area contributed by atoms with Gasteiger partial charge in [-0.1, -0.05) is 6.07 Å². The van der Waals surface area contributed by atoms with Crippen LogP contribution >= 0.6 is 0 Å². The monoisotopic (exact) mass is 167 g/mol. The molecular weight excluding hydrogens is 154 g/mol. The Bertz CT molecular complexity index is 291. The van der Waals surface area contributed by atoms with E-state index in [1.54, 1.807) is 0 Å². The van der Waals surface area contributed by atoms with E-state index in [0.29, 0.717) is 6.79 Å². The lowest BCUT2D eigenvalue weighted by atomic mass is 10.2. The molecule has 1 N–H and O–H groups in total. The number of hydrogen-bond donors (Lipinski definition) is 1. The highest BCUT2D eigenvalue weighted by atomic mass is 16.7. The SMILES string of the molecule is CNCc1ccc2c(c1)OCO2.[HH]. The molecule has 0 aromatic heterocycles. The van der Waals surface area contributed by atoms with E-state index in [4.69, 9.17) is 9.47 Å². The molecule has 0 radical (unpaired) electrons. The highest BCUT2D eigenvalue weighted by Crippen LogP contribution is 2.32. The standard InChI is InChI=1S/C9H11NO2.H2/c1-10-5-7-2-3-8-9(4-7)12-6-11-8;/h2-4,10H,5-6H2,1H3;1H. The molecule has 1 aromatic carbocycles. The summed E-state index contributed by atoms with van der Waals surface area (Å²) < 4.78 is 10.4. The zero-order valence-electron chi connectivity index (χ0n) is 6.96. The average molecular weight is 167 g/mol. The van der Waals surface area contributed by atoms with E-state index in [0.717, 1.165) is 18.0 Å². The summed E-state index contributed by atoms with van der Waals surface area (Å²) in [4.78, 5) is 0. The van der Waals surface area contributed by atoms with Crippen molar-refractivity contribution in [2.45, 2.75) is 6.54 Å². The largest absolute Gasteiger partial charge is 0.454 e. The van der Waals surface area contributed by atoms with Gasteiger partial charge in [-0.2, -0.15) is 0 Å². The summed E-state index contributed by atoms with van der Waals surface area (Å²) in [5.41, 5.74) is 1.21. The lowest BCUT2D eigenvalue weighted by molar-refractivity contribution is 0.174. The first-order chi connectivity index (χ1) is 5.90. The van der Waals surface area contributed by atoms with Crippen molar-refractivity contribution < 1.29 is 10.9 Å². The molecule has 0 bridgehead atoms. The van der Waals surface area contributed by atoms with Crippen molar-refractivity contribution in [3.8, 4) is 11.5 Å². The second kappa shape index (κ2) is 3.03. The minimum absolute atomic E-state index is 0. The van der Waals surface area contributed by atoms with Crippen LogP contribution in [-0.2, 0) is 6.54 Å². The molecule has 0 saturated heterocycles. The molecule has 0 aliphatic carbocycles. The van der Waals surface area contributed by atoms with Crippen LogP contribution in [0.3, 0.4) is 0 Å². The van der Waals surface area contributed by atoms with Crippen LogP contribution in [0, 0.1) is 0 Å². The first-order valence-corrected chi connectivity index (χ1v) is 3.93. The van der Waals surface area contributed by atoms with E-state index in [-0.39, 0.29) is 1.43 Å². The van der Waals surface area contributed by atoms with Crippen LogP contribution < -0.4 is 14.8 Å². The number of nitrogens with one attached hydrogen (secondary N) is 1. The van der Waals surface area contributed by atoms with E-state index >= 15 is 0 Å². The molecule has 0 fully saturated rings. The third kappa shape index (κ3) is 1.23. The Morgan fingerprint density at radius 2 is 2.25 bits per heavy atom. The van der Waals surface area contributed by atoms with Crippen LogP contribution in [0.5, 0.6) is 11.5 Å². The van der Waals surface area contributed by atoms with Crippen LogP contribution in [0.15, 0.2) is 18.2 Å². The fourth-order valence-electron chi connectivity index (χ4n) is 1.26. The molecule has 0 saturated carbocycles. The smallest absolute Gasteiger partial charge is 0.231 e. The van der Waals surface area contributed by atoms with E-state index in [9.17, 15) is 0 Å². The maximum atomic E-state index is 5.24. The fraction of sp³-hybridized carbons (Fsp3) is 0.333. The van der Waals surface area contributed by atoms with E-state index in [1.165, 1.54) is 5.56 Å². The van der Waals surface area contributed by atoms with Gasteiger partial charge in [0.25, 0.3) is 0 Å². The molecule has 2 rings (SSSR count). The molecule has 66 valence electrons. The van der Waals surface area contributed by atoms with E-state index in [1.807, 2.05) is 25.2 Å². The van der Waals surface area contributed by atoms with Crippen LogP contribution in [0.1, 0.15) is 6.99 Å². The number of benzene rings is 1. The molecule has 3 heteroatoms. The van der Waals surface area contributed by atoms with Crippen LogP contribution in [0.2, 0.25) is 0 Å². The van der Waals surface area contributed by atoms with Gasteiger partial charge in [0.1, 0.15) is 0 Å². The molecule has 1 heterocycles. The van der Waals surface area contributed by atoms with Crippen molar-refractivity contribution in [3.05, 3.63) is 23.8 Å². The second-order valence-corrected chi connectivity index (χ2v) is 2.72. The van der Waals surface area contributed by atoms with Gasteiger partial charge in [0.2, 0.25) is 6.79 Å². The summed E-state index contributed by atoms with van der Waals surface area (Å²) in [6.45, 7) is 1.20. The topological polar surface area (TPSA) is 30.5 Å². The van der Waals surface area contributed by atoms with Gasteiger partial charge in [0.15, 0.2) is 11.5 Å². The highest BCUT2D eigenvalue weighted by molar-refractivity contribution is 5.44. The molecule has 12 heavy (non-hydrogen) atoms. The normalized spacial score (nSPS) is 13.4.